The average Bonchev–Trinajstić information content (AvgIpc) is 2.84. The Morgan fingerprint density at radius 3 is 2.52 bits per heavy atom. The smallest absolute Gasteiger partial charge is 0.159 e. The van der Waals surface area contributed by atoms with Gasteiger partial charge in [0.15, 0.2) is 11.6 Å². The van der Waals surface area contributed by atoms with E-state index in [0.29, 0.717) is 46.6 Å². The minimum absolute atomic E-state index is 0.363. The van der Waals surface area contributed by atoms with Gasteiger partial charge >= 0.3 is 0 Å². The number of aromatic nitrogens is 2. The molecule has 0 bridgehead atoms. The van der Waals surface area contributed by atoms with Crippen LogP contribution in [0.4, 0.5) is 13.2 Å². The molecule has 0 spiro atoms. The molecule has 2 heterocycles. The number of benzene rings is 2. The predicted octanol–water partition coefficient (Wildman–Crippen LogP) is 4.44. The highest BCUT2D eigenvalue weighted by atomic mass is 19.2. The molecule has 3 aromatic rings. The van der Waals surface area contributed by atoms with E-state index in [4.69, 9.17) is 0 Å². The van der Waals surface area contributed by atoms with Crippen molar-refractivity contribution in [2.75, 3.05) is 13.6 Å². The maximum absolute atomic E-state index is 15.4. The number of nitrogens with zero attached hydrogens (tertiary/aromatic N) is 3. The molecule has 0 N–H and O–H groups in total. The van der Waals surface area contributed by atoms with Crippen LogP contribution in [0, 0.1) is 17.5 Å². The molecule has 2 aromatic carbocycles. The quantitative estimate of drug-likeness (QED) is 0.671. The van der Waals surface area contributed by atoms with Crippen molar-refractivity contribution in [2.45, 2.75) is 6.54 Å². The first-order chi connectivity index (χ1) is 13.0. The van der Waals surface area contributed by atoms with Crippen LogP contribution < -0.4 is 0 Å². The number of fused-ring (bicyclic) bond motifs is 1. The molecule has 27 heavy (non-hydrogen) atoms. The van der Waals surface area contributed by atoms with Crippen LogP contribution in [0.3, 0.4) is 0 Å². The highest BCUT2D eigenvalue weighted by Gasteiger charge is 2.22. The highest BCUT2D eigenvalue weighted by Crippen LogP contribution is 2.35. The van der Waals surface area contributed by atoms with E-state index >= 15 is 4.39 Å². The Labute approximate surface area is 154 Å². The van der Waals surface area contributed by atoms with E-state index in [-0.39, 0.29) is 5.82 Å². The van der Waals surface area contributed by atoms with Crippen LogP contribution in [0.2, 0.25) is 0 Å². The summed E-state index contributed by atoms with van der Waals surface area (Å²) in [5.74, 6) is -2.21. The summed E-state index contributed by atoms with van der Waals surface area (Å²) in [6.07, 6.45) is 3.43. The van der Waals surface area contributed by atoms with Gasteiger partial charge in [-0.15, -0.1) is 0 Å². The molecular formula is C21H16F3N3. The van der Waals surface area contributed by atoms with Gasteiger partial charge in [-0.1, -0.05) is 18.2 Å². The molecule has 0 amide bonds. The summed E-state index contributed by atoms with van der Waals surface area (Å²) < 4.78 is 42.5. The fourth-order valence-corrected chi connectivity index (χ4v) is 3.30. The van der Waals surface area contributed by atoms with Gasteiger partial charge in [0.25, 0.3) is 0 Å². The second-order valence-corrected chi connectivity index (χ2v) is 6.51. The number of hydrogen-bond acceptors (Lipinski definition) is 3. The standard InChI is InChI=1S/C21H16F3N3/c1-27-10-8-14(13-4-7-18(22)19(23)11-13)15-5-6-16(21(24)17(15)12-27)20-3-2-9-25-26-20/h2-9,11H,10,12H2,1H3. The summed E-state index contributed by atoms with van der Waals surface area (Å²) in [5, 5.41) is 7.80. The second kappa shape index (κ2) is 6.96. The second-order valence-electron chi connectivity index (χ2n) is 6.51. The van der Waals surface area contributed by atoms with E-state index in [2.05, 4.69) is 10.2 Å². The topological polar surface area (TPSA) is 29.0 Å². The van der Waals surface area contributed by atoms with E-state index in [1.807, 2.05) is 18.0 Å². The van der Waals surface area contributed by atoms with Gasteiger partial charge in [-0.2, -0.15) is 10.2 Å². The van der Waals surface area contributed by atoms with Crippen molar-refractivity contribution >= 4 is 5.57 Å². The third kappa shape index (κ3) is 3.24. The first-order valence-electron chi connectivity index (χ1n) is 8.48. The van der Waals surface area contributed by atoms with Gasteiger partial charge in [0.2, 0.25) is 0 Å². The van der Waals surface area contributed by atoms with Crippen LogP contribution in [0.1, 0.15) is 16.7 Å². The zero-order valence-corrected chi connectivity index (χ0v) is 14.6. The van der Waals surface area contributed by atoms with Crippen molar-refractivity contribution in [1.82, 2.24) is 15.1 Å². The van der Waals surface area contributed by atoms with Crippen LogP contribution in [0.15, 0.2) is 54.7 Å². The van der Waals surface area contributed by atoms with Crippen molar-refractivity contribution in [2.24, 2.45) is 0 Å². The zero-order chi connectivity index (χ0) is 19.0. The lowest BCUT2D eigenvalue weighted by Gasteiger charge is -2.17. The minimum atomic E-state index is -0.927. The average molecular weight is 367 g/mol. The van der Waals surface area contributed by atoms with Gasteiger partial charge in [0.1, 0.15) is 5.82 Å². The lowest BCUT2D eigenvalue weighted by Crippen LogP contribution is -2.17. The molecule has 1 aromatic heterocycles. The van der Waals surface area contributed by atoms with E-state index < -0.39 is 11.6 Å². The van der Waals surface area contributed by atoms with Crippen molar-refractivity contribution in [1.29, 1.82) is 0 Å². The van der Waals surface area contributed by atoms with Gasteiger partial charge < -0.3 is 0 Å². The molecule has 0 aliphatic carbocycles. The highest BCUT2D eigenvalue weighted by molar-refractivity contribution is 5.83. The SMILES string of the molecule is CN1CC=C(c2ccc(F)c(F)c2)c2ccc(-c3cccnn3)c(F)c2C1. The normalized spacial score (nSPS) is 14.4. The van der Waals surface area contributed by atoms with E-state index in [1.165, 1.54) is 12.3 Å². The van der Waals surface area contributed by atoms with Gasteiger partial charge in [-0.25, -0.2) is 13.2 Å². The van der Waals surface area contributed by atoms with Crippen molar-refractivity contribution in [3.8, 4) is 11.3 Å². The van der Waals surface area contributed by atoms with Crippen LogP contribution >= 0.6 is 0 Å². The van der Waals surface area contributed by atoms with Crippen molar-refractivity contribution in [3.63, 3.8) is 0 Å². The Morgan fingerprint density at radius 1 is 0.963 bits per heavy atom. The van der Waals surface area contributed by atoms with E-state index in [0.717, 1.165) is 12.1 Å². The molecule has 0 atom stereocenters. The molecule has 1 aliphatic rings. The first-order valence-corrected chi connectivity index (χ1v) is 8.48. The fourth-order valence-electron chi connectivity index (χ4n) is 3.30. The van der Waals surface area contributed by atoms with Crippen LogP contribution in [-0.2, 0) is 6.54 Å². The maximum atomic E-state index is 15.4. The summed E-state index contributed by atoms with van der Waals surface area (Å²) in [6, 6.07) is 10.6. The Bertz CT molecular complexity index is 1030. The van der Waals surface area contributed by atoms with E-state index in [1.54, 1.807) is 24.3 Å². The monoisotopic (exact) mass is 367 g/mol. The molecule has 0 radical (unpaired) electrons. The Morgan fingerprint density at radius 2 is 1.78 bits per heavy atom. The van der Waals surface area contributed by atoms with E-state index in [9.17, 15) is 8.78 Å². The van der Waals surface area contributed by atoms with Gasteiger partial charge in [0, 0.05) is 30.4 Å². The molecule has 0 saturated heterocycles. The third-order valence-corrected chi connectivity index (χ3v) is 4.65. The van der Waals surface area contributed by atoms with Gasteiger partial charge in [-0.3, -0.25) is 4.90 Å². The Kier molecular flexibility index (Phi) is 4.49. The third-order valence-electron chi connectivity index (χ3n) is 4.65. The fraction of sp³-hybridized carbons (Fsp3) is 0.143. The predicted molar refractivity (Wildman–Crippen MR) is 97.2 cm³/mol. The van der Waals surface area contributed by atoms with Crippen molar-refractivity contribution in [3.05, 3.63) is 88.9 Å². The minimum Gasteiger partial charge on any atom is -0.298 e. The molecule has 0 saturated carbocycles. The number of rotatable bonds is 2. The maximum Gasteiger partial charge on any atom is 0.159 e. The molecule has 3 nitrogen and oxygen atoms in total. The lowest BCUT2D eigenvalue weighted by atomic mass is 9.91. The molecule has 0 unspecified atom stereocenters. The number of hydrogen-bond donors (Lipinski definition) is 0. The zero-order valence-electron chi connectivity index (χ0n) is 14.6. The van der Waals surface area contributed by atoms with Gasteiger partial charge in [0.05, 0.1) is 5.69 Å². The van der Waals surface area contributed by atoms with Crippen LogP contribution in [0.5, 0.6) is 0 Å². The summed E-state index contributed by atoms with van der Waals surface area (Å²) in [5.41, 5.74) is 3.16. The molecule has 4 rings (SSSR count). The Hall–Kier alpha value is -2.99. The molecular weight excluding hydrogens is 351 g/mol. The molecule has 1 aliphatic heterocycles. The summed E-state index contributed by atoms with van der Waals surface area (Å²) in [4.78, 5) is 1.95. The number of likely N-dealkylation sites (N-methyl/N-ethyl adjacent to an activating group) is 1. The largest absolute Gasteiger partial charge is 0.298 e. The van der Waals surface area contributed by atoms with Crippen LogP contribution in [0.25, 0.3) is 16.8 Å². The van der Waals surface area contributed by atoms with Crippen LogP contribution in [-0.4, -0.2) is 28.7 Å². The lowest BCUT2D eigenvalue weighted by molar-refractivity contribution is 0.358. The summed E-state index contributed by atoms with van der Waals surface area (Å²) in [6.45, 7) is 0.946. The molecule has 136 valence electrons. The summed E-state index contributed by atoms with van der Waals surface area (Å²) >= 11 is 0. The molecule has 6 heteroatoms. The molecule has 0 fully saturated rings. The first kappa shape index (κ1) is 17.4. The number of halogens is 3. The Balaban J connectivity index is 1.89. The van der Waals surface area contributed by atoms with Gasteiger partial charge in [-0.05, 0) is 54.1 Å². The van der Waals surface area contributed by atoms with Crippen molar-refractivity contribution < 1.29 is 13.2 Å². The summed E-state index contributed by atoms with van der Waals surface area (Å²) in [7, 11) is 1.88.